The Morgan fingerprint density at radius 2 is 1.88 bits per heavy atom. The fourth-order valence-corrected chi connectivity index (χ4v) is 1.85. The Bertz CT molecular complexity index is 354. The predicted molar refractivity (Wildman–Crippen MR) is 72.6 cm³/mol. The van der Waals surface area contributed by atoms with E-state index in [-0.39, 0.29) is 13.2 Å². The van der Waals surface area contributed by atoms with Crippen molar-refractivity contribution in [1.82, 2.24) is 0 Å². The lowest BCUT2D eigenvalue weighted by Crippen LogP contribution is -2.34. The standard InChI is InChI=1S/C11H15Br2NO2/c1-11(6-15,7-16)5-14-10-4-8(12)2-3-9(10)13/h2-4,14-16H,5-7H2,1H3. The van der Waals surface area contributed by atoms with E-state index in [1.54, 1.807) is 0 Å². The van der Waals surface area contributed by atoms with Gasteiger partial charge in [-0.3, -0.25) is 0 Å². The van der Waals surface area contributed by atoms with Crippen molar-refractivity contribution in [2.24, 2.45) is 5.41 Å². The monoisotopic (exact) mass is 351 g/mol. The van der Waals surface area contributed by atoms with Gasteiger partial charge in [-0.2, -0.15) is 0 Å². The third kappa shape index (κ3) is 3.73. The first-order chi connectivity index (χ1) is 7.50. The van der Waals surface area contributed by atoms with Gasteiger partial charge in [0, 0.05) is 26.6 Å². The summed E-state index contributed by atoms with van der Waals surface area (Å²) in [6.45, 7) is 2.23. The molecule has 1 rings (SSSR count). The van der Waals surface area contributed by atoms with Gasteiger partial charge in [0.1, 0.15) is 0 Å². The number of nitrogens with one attached hydrogen (secondary N) is 1. The third-order valence-electron chi connectivity index (χ3n) is 2.40. The normalized spacial score (nSPS) is 11.6. The number of hydrogen-bond acceptors (Lipinski definition) is 3. The van der Waals surface area contributed by atoms with E-state index in [0.717, 1.165) is 14.6 Å². The smallest absolute Gasteiger partial charge is 0.0523 e. The van der Waals surface area contributed by atoms with Crippen LogP contribution in [0.1, 0.15) is 6.92 Å². The van der Waals surface area contributed by atoms with Crippen LogP contribution >= 0.6 is 31.9 Å². The summed E-state index contributed by atoms with van der Waals surface area (Å²) in [7, 11) is 0. The highest BCUT2D eigenvalue weighted by molar-refractivity contribution is 9.11. The summed E-state index contributed by atoms with van der Waals surface area (Å²) in [6, 6.07) is 5.81. The molecule has 0 heterocycles. The highest BCUT2D eigenvalue weighted by Crippen LogP contribution is 2.27. The molecule has 0 aliphatic carbocycles. The van der Waals surface area contributed by atoms with E-state index in [4.69, 9.17) is 10.2 Å². The minimum atomic E-state index is -0.512. The van der Waals surface area contributed by atoms with E-state index < -0.39 is 5.41 Å². The molecule has 0 unspecified atom stereocenters. The second kappa shape index (κ2) is 6.00. The van der Waals surface area contributed by atoms with Crippen molar-refractivity contribution in [2.45, 2.75) is 6.92 Å². The number of aliphatic hydroxyl groups is 2. The highest BCUT2D eigenvalue weighted by atomic mass is 79.9. The Morgan fingerprint density at radius 1 is 1.25 bits per heavy atom. The molecular weight excluding hydrogens is 338 g/mol. The Hall–Kier alpha value is -0.100. The maximum absolute atomic E-state index is 9.17. The molecule has 0 aliphatic heterocycles. The fourth-order valence-electron chi connectivity index (χ4n) is 1.10. The van der Waals surface area contributed by atoms with Crippen LogP contribution in [0.4, 0.5) is 5.69 Å². The molecule has 1 aromatic carbocycles. The quantitative estimate of drug-likeness (QED) is 0.763. The SMILES string of the molecule is CC(CO)(CO)CNc1cc(Br)ccc1Br. The molecule has 0 saturated heterocycles. The van der Waals surface area contributed by atoms with Crippen molar-refractivity contribution in [3.63, 3.8) is 0 Å². The molecule has 5 heteroatoms. The molecular formula is C11H15Br2NO2. The lowest BCUT2D eigenvalue weighted by atomic mass is 9.93. The summed E-state index contributed by atoms with van der Waals surface area (Å²) >= 11 is 6.82. The molecule has 0 radical (unpaired) electrons. The zero-order chi connectivity index (χ0) is 12.2. The number of anilines is 1. The van der Waals surface area contributed by atoms with Crippen molar-refractivity contribution >= 4 is 37.5 Å². The maximum Gasteiger partial charge on any atom is 0.0523 e. The fraction of sp³-hybridized carbons (Fsp3) is 0.455. The number of hydrogen-bond donors (Lipinski definition) is 3. The van der Waals surface area contributed by atoms with E-state index in [0.29, 0.717) is 6.54 Å². The molecule has 0 amide bonds. The molecule has 0 spiro atoms. The van der Waals surface area contributed by atoms with Crippen LogP contribution in [0.3, 0.4) is 0 Å². The van der Waals surface area contributed by atoms with Crippen LogP contribution in [0.2, 0.25) is 0 Å². The molecule has 3 nitrogen and oxygen atoms in total. The van der Waals surface area contributed by atoms with Gasteiger partial charge in [-0.25, -0.2) is 0 Å². The Morgan fingerprint density at radius 3 is 2.44 bits per heavy atom. The zero-order valence-corrected chi connectivity index (χ0v) is 12.2. The number of halogens is 2. The number of rotatable bonds is 5. The van der Waals surface area contributed by atoms with Gasteiger partial charge < -0.3 is 15.5 Å². The second-order valence-electron chi connectivity index (χ2n) is 4.10. The molecule has 0 fully saturated rings. The van der Waals surface area contributed by atoms with E-state index in [1.165, 1.54) is 0 Å². The first kappa shape index (κ1) is 14.0. The van der Waals surface area contributed by atoms with Crippen molar-refractivity contribution in [3.8, 4) is 0 Å². The minimum Gasteiger partial charge on any atom is -0.396 e. The molecule has 0 aromatic heterocycles. The van der Waals surface area contributed by atoms with E-state index in [2.05, 4.69) is 37.2 Å². The van der Waals surface area contributed by atoms with Crippen molar-refractivity contribution in [1.29, 1.82) is 0 Å². The summed E-state index contributed by atoms with van der Waals surface area (Å²) in [5.41, 5.74) is 0.421. The molecule has 1 aromatic rings. The van der Waals surface area contributed by atoms with Crippen LogP contribution in [0.25, 0.3) is 0 Å². The van der Waals surface area contributed by atoms with Gasteiger partial charge in [-0.15, -0.1) is 0 Å². The van der Waals surface area contributed by atoms with Crippen LogP contribution in [-0.2, 0) is 0 Å². The van der Waals surface area contributed by atoms with Crippen LogP contribution in [-0.4, -0.2) is 30.0 Å². The van der Waals surface area contributed by atoms with Gasteiger partial charge in [0.25, 0.3) is 0 Å². The van der Waals surface area contributed by atoms with Crippen LogP contribution < -0.4 is 5.32 Å². The maximum atomic E-state index is 9.17. The molecule has 16 heavy (non-hydrogen) atoms. The average Bonchev–Trinajstić information content (AvgIpc) is 2.30. The highest BCUT2D eigenvalue weighted by Gasteiger charge is 2.22. The average molecular weight is 353 g/mol. The predicted octanol–water partition coefficient (Wildman–Crippen LogP) is 2.61. The van der Waals surface area contributed by atoms with Gasteiger partial charge in [0.05, 0.1) is 13.2 Å². The summed E-state index contributed by atoms with van der Waals surface area (Å²) in [5.74, 6) is 0. The van der Waals surface area contributed by atoms with Gasteiger partial charge in [0.15, 0.2) is 0 Å². The van der Waals surface area contributed by atoms with Crippen molar-refractivity contribution in [2.75, 3.05) is 25.1 Å². The Labute approximate surface area is 112 Å². The second-order valence-corrected chi connectivity index (χ2v) is 5.87. The summed E-state index contributed by atoms with van der Waals surface area (Å²) < 4.78 is 1.93. The Balaban J connectivity index is 2.70. The minimum absolute atomic E-state index is 0.0535. The summed E-state index contributed by atoms with van der Waals surface area (Å²) in [4.78, 5) is 0. The molecule has 0 bridgehead atoms. The largest absolute Gasteiger partial charge is 0.396 e. The van der Waals surface area contributed by atoms with E-state index in [1.807, 2.05) is 25.1 Å². The molecule has 3 N–H and O–H groups in total. The van der Waals surface area contributed by atoms with Gasteiger partial charge in [-0.05, 0) is 34.1 Å². The lowest BCUT2D eigenvalue weighted by molar-refractivity contribution is 0.0806. The molecule has 0 atom stereocenters. The van der Waals surface area contributed by atoms with Crippen molar-refractivity contribution in [3.05, 3.63) is 27.1 Å². The number of benzene rings is 1. The third-order valence-corrected chi connectivity index (χ3v) is 3.58. The van der Waals surface area contributed by atoms with Gasteiger partial charge >= 0.3 is 0 Å². The first-order valence-corrected chi connectivity index (χ1v) is 6.50. The zero-order valence-electron chi connectivity index (χ0n) is 9.00. The molecule has 0 aliphatic rings. The van der Waals surface area contributed by atoms with Crippen molar-refractivity contribution < 1.29 is 10.2 Å². The van der Waals surface area contributed by atoms with Gasteiger partial charge in [-0.1, -0.05) is 22.9 Å². The van der Waals surface area contributed by atoms with Gasteiger partial charge in [0.2, 0.25) is 0 Å². The van der Waals surface area contributed by atoms with E-state index >= 15 is 0 Å². The summed E-state index contributed by atoms with van der Waals surface area (Å²) in [5, 5.41) is 21.5. The van der Waals surface area contributed by atoms with Crippen LogP contribution in [0.15, 0.2) is 27.1 Å². The van der Waals surface area contributed by atoms with Crippen LogP contribution in [0, 0.1) is 5.41 Å². The van der Waals surface area contributed by atoms with Crippen LogP contribution in [0.5, 0.6) is 0 Å². The van der Waals surface area contributed by atoms with E-state index in [9.17, 15) is 0 Å². The number of aliphatic hydroxyl groups excluding tert-OH is 2. The molecule has 90 valence electrons. The molecule has 0 saturated carbocycles. The first-order valence-electron chi connectivity index (χ1n) is 4.91. The topological polar surface area (TPSA) is 52.5 Å². The Kier molecular flexibility index (Phi) is 5.24. The summed E-state index contributed by atoms with van der Waals surface area (Å²) in [6.07, 6.45) is 0. The lowest BCUT2D eigenvalue weighted by Gasteiger charge is -2.25.